The third kappa shape index (κ3) is 2.08. The van der Waals surface area contributed by atoms with Gasteiger partial charge >= 0.3 is 0 Å². The molecule has 3 atom stereocenters. The first-order valence-corrected chi connectivity index (χ1v) is 6.74. The Hall–Kier alpha value is -0.970. The minimum Gasteiger partial charge on any atom is -0.341 e. The quantitative estimate of drug-likeness (QED) is 0.820. The molecule has 0 spiro atoms. The number of nitrogens with zero attached hydrogens (tertiary/aromatic N) is 1. The predicted octanol–water partition coefficient (Wildman–Crippen LogP) is 3.06. The molecule has 1 aromatic carbocycles. The van der Waals surface area contributed by atoms with E-state index in [1.807, 2.05) is 30.3 Å². The van der Waals surface area contributed by atoms with E-state index >= 15 is 4.39 Å². The second-order valence-corrected chi connectivity index (χ2v) is 6.05. The molecule has 0 radical (unpaired) electrons. The van der Waals surface area contributed by atoms with Crippen LogP contribution in [0.5, 0.6) is 0 Å². The summed E-state index contributed by atoms with van der Waals surface area (Å²) in [4.78, 5) is 5.73. The lowest BCUT2D eigenvalue weighted by Gasteiger charge is -2.44. The Morgan fingerprint density at radius 1 is 1.26 bits per heavy atom. The number of hydrogen-bond donors (Lipinski definition) is 0. The molecule has 2 heterocycles. The Balaban J connectivity index is 1.82. The lowest BCUT2D eigenvalue weighted by molar-refractivity contribution is -0.258. The molecule has 2 fully saturated rings. The van der Waals surface area contributed by atoms with Crippen LogP contribution in [-0.2, 0) is 16.1 Å². The molecule has 2 aliphatic heterocycles. The zero-order valence-electron chi connectivity index (χ0n) is 11.6. The molecular formula is C15H20FNO2. The fraction of sp³-hybridized carbons (Fsp3) is 0.600. The molecule has 2 bridgehead atoms. The molecule has 3 nitrogen and oxygen atoms in total. The number of rotatable bonds is 2. The topological polar surface area (TPSA) is 21.7 Å². The molecule has 0 N–H and O–H groups in total. The summed E-state index contributed by atoms with van der Waals surface area (Å²) in [5.41, 5.74) is -1.15. The molecule has 1 aromatic rings. The van der Waals surface area contributed by atoms with Crippen LogP contribution in [0.2, 0.25) is 0 Å². The Bertz CT molecular complexity index is 460. The highest BCUT2D eigenvalue weighted by Gasteiger charge is 2.60. The monoisotopic (exact) mass is 265 g/mol. The predicted molar refractivity (Wildman–Crippen MR) is 69.9 cm³/mol. The van der Waals surface area contributed by atoms with E-state index in [4.69, 9.17) is 9.57 Å². The number of alkyl halides is 1. The van der Waals surface area contributed by atoms with E-state index in [1.54, 1.807) is 25.8 Å². The van der Waals surface area contributed by atoms with Gasteiger partial charge in [-0.15, -0.1) is 0 Å². The number of fused-ring (bicyclic) bond motifs is 2. The smallest absolute Gasteiger partial charge is 0.180 e. The van der Waals surface area contributed by atoms with E-state index in [9.17, 15) is 0 Å². The number of halogens is 1. The average Bonchev–Trinajstić information content (AvgIpc) is 2.69. The summed E-state index contributed by atoms with van der Waals surface area (Å²) in [7, 11) is 0. The van der Waals surface area contributed by atoms with E-state index in [0.29, 0.717) is 13.0 Å². The van der Waals surface area contributed by atoms with Crippen molar-refractivity contribution in [3.05, 3.63) is 35.9 Å². The standard InChI is InChI=1S/C15H20FNO2/c1-14(2)15(3,16)12-9-13(18-14)19-17(12)10-11-7-5-4-6-8-11/h4-8,12-13H,9-10H2,1-3H3/t12-,13+,15-/m1/s1. The maximum atomic E-state index is 15.0. The van der Waals surface area contributed by atoms with Crippen LogP contribution in [0.4, 0.5) is 4.39 Å². The van der Waals surface area contributed by atoms with Gasteiger partial charge in [0, 0.05) is 13.0 Å². The fourth-order valence-electron chi connectivity index (χ4n) is 2.88. The van der Waals surface area contributed by atoms with Crippen molar-refractivity contribution >= 4 is 0 Å². The van der Waals surface area contributed by atoms with Gasteiger partial charge in [-0.2, -0.15) is 5.06 Å². The highest BCUT2D eigenvalue weighted by atomic mass is 19.1. The van der Waals surface area contributed by atoms with Gasteiger partial charge in [0.25, 0.3) is 0 Å². The van der Waals surface area contributed by atoms with Gasteiger partial charge < -0.3 is 4.74 Å². The van der Waals surface area contributed by atoms with E-state index in [-0.39, 0.29) is 12.3 Å². The van der Waals surface area contributed by atoms with Crippen LogP contribution < -0.4 is 0 Å². The molecular weight excluding hydrogens is 245 g/mol. The first-order chi connectivity index (χ1) is 8.90. The molecule has 0 unspecified atom stereocenters. The molecule has 0 saturated carbocycles. The molecule has 104 valence electrons. The Morgan fingerprint density at radius 2 is 1.95 bits per heavy atom. The van der Waals surface area contributed by atoms with Gasteiger partial charge in [-0.05, 0) is 26.3 Å². The first-order valence-electron chi connectivity index (χ1n) is 6.74. The van der Waals surface area contributed by atoms with Crippen molar-refractivity contribution in [1.82, 2.24) is 5.06 Å². The molecule has 3 rings (SSSR count). The van der Waals surface area contributed by atoms with Crippen molar-refractivity contribution in [1.29, 1.82) is 0 Å². The largest absolute Gasteiger partial charge is 0.341 e. The maximum absolute atomic E-state index is 15.0. The summed E-state index contributed by atoms with van der Waals surface area (Å²) in [6.07, 6.45) is 0.260. The van der Waals surface area contributed by atoms with Gasteiger partial charge in [0.15, 0.2) is 12.0 Å². The third-order valence-electron chi connectivity index (χ3n) is 4.43. The maximum Gasteiger partial charge on any atom is 0.180 e. The van der Waals surface area contributed by atoms with Gasteiger partial charge in [0.1, 0.15) is 5.60 Å². The van der Waals surface area contributed by atoms with Gasteiger partial charge in [-0.3, -0.25) is 4.84 Å². The highest BCUT2D eigenvalue weighted by Crippen LogP contribution is 2.47. The molecule has 2 aliphatic rings. The van der Waals surface area contributed by atoms with Crippen LogP contribution in [0, 0.1) is 0 Å². The van der Waals surface area contributed by atoms with Crippen LogP contribution >= 0.6 is 0 Å². The second-order valence-electron chi connectivity index (χ2n) is 6.05. The van der Waals surface area contributed by atoms with Gasteiger partial charge in [-0.25, -0.2) is 4.39 Å². The fourth-order valence-corrected chi connectivity index (χ4v) is 2.88. The number of benzene rings is 1. The van der Waals surface area contributed by atoms with Crippen LogP contribution in [0.1, 0.15) is 32.8 Å². The number of ether oxygens (including phenoxy) is 1. The van der Waals surface area contributed by atoms with Crippen molar-refractivity contribution in [3.8, 4) is 0 Å². The molecule has 4 heteroatoms. The van der Waals surface area contributed by atoms with Crippen molar-refractivity contribution in [2.24, 2.45) is 0 Å². The molecule has 19 heavy (non-hydrogen) atoms. The van der Waals surface area contributed by atoms with Crippen LogP contribution in [-0.4, -0.2) is 28.7 Å². The Kier molecular flexibility index (Phi) is 2.93. The second kappa shape index (κ2) is 4.27. The number of hydrogen-bond acceptors (Lipinski definition) is 3. The van der Waals surface area contributed by atoms with E-state index in [1.165, 1.54) is 0 Å². The van der Waals surface area contributed by atoms with Crippen molar-refractivity contribution in [3.63, 3.8) is 0 Å². The van der Waals surface area contributed by atoms with Gasteiger partial charge in [0.05, 0.1) is 6.04 Å². The normalized spacial score (nSPS) is 37.5. The minimum absolute atomic E-state index is 0.263. The van der Waals surface area contributed by atoms with Crippen LogP contribution in [0.3, 0.4) is 0 Å². The Morgan fingerprint density at radius 3 is 2.63 bits per heavy atom. The van der Waals surface area contributed by atoms with Crippen molar-refractivity contribution in [2.75, 3.05) is 0 Å². The molecule has 0 aromatic heterocycles. The average molecular weight is 265 g/mol. The summed E-state index contributed by atoms with van der Waals surface area (Å²) in [6, 6.07) is 9.71. The molecule has 0 aliphatic carbocycles. The summed E-state index contributed by atoms with van der Waals surface area (Å²) in [5, 5.41) is 1.74. The summed E-state index contributed by atoms with van der Waals surface area (Å²) in [6.45, 7) is 5.78. The van der Waals surface area contributed by atoms with Gasteiger partial charge in [-0.1, -0.05) is 30.3 Å². The summed E-state index contributed by atoms with van der Waals surface area (Å²) < 4.78 is 20.8. The van der Waals surface area contributed by atoms with Crippen molar-refractivity contribution < 1.29 is 14.0 Å². The van der Waals surface area contributed by atoms with E-state index in [2.05, 4.69) is 0 Å². The minimum atomic E-state index is -1.44. The van der Waals surface area contributed by atoms with E-state index < -0.39 is 11.3 Å². The van der Waals surface area contributed by atoms with E-state index in [0.717, 1.165) is 5.56 Å². The third-order valence-corrected chi connectivity index (χ3v) is 4.43. The Labute approximate surface area is 113 Å². The lowest BCUT2D eigenvalue weighted by Crippen LogP contribution is -2.59. The SMILES string of the molecule is CC1(C)O[C@@H]2C[C@@H](N(Cc3ccccc3)O2)[C@@]1(C)F. The number of hydroxylamine groups is 2. The molecule has 2 saturated heterocycles. The zero-order valence-corrected chi connectivity index (χ0v) is 11.6. The van der Waals surface area contributed by atoms with Gasteiger partial charge in [0.2, 0.25) is 0 Å². The van der Waals surface area contributed by atoms with Crippen LogP contribution in [0.15, 0.2) is 30.3 Å². The lowest BCUT2D eigenvalue weighted by atomic mass is 9.79. The van der Waals surface area contributed by atoms with Crippen LogP contribution in [0.25, 0.3) is 0 Å². The summed E-state index contributed by atoms with van der Waals surface area (Å²) >= 11 is 0. The zero-order chi connectivity index (χ0) is 13.7. The van der Waals surface area contributed by atoms with Crippen molar-refractivity contribution in [2.45, 2.75) is 57.3 Å². The molecule has 0 amide bonds. The summed E-state index contributed by atoms with van der Waals surface area (Å²) in [5.74, 6) is 0. The highest BCUT2D eigenvalue weighted by molar-refractivity contribution is 5.15. The first kappa shape index (κ1) is 13.0.